The van der Waals surface area contributed by atoms with E-state index in [1.54, 1.807) is 12.1 Å². The third-order valence-corrected chi connectivity index (χ3v) is 6.40. The molecule has 0 aliphatic carbocycles. The highest BCUT2D eigenvalue weighted by Crippen LogP contribution is 2.26. The number of nitrogens with zero attached hydrogens (tertiary/aromatic N) is 2. The lowest BCUT2D eigenvalue weighted by Gasteiger charge is -2.30. The third-order valence-electron chi connectivity index (χ3n) is 6.40. The van der Waals surface area contributed by atoms with Crippen LogP contribution in [0.1, 0.15) is 22.8 Å². The molecule has 1 fully saturated rings. The van der Waals surface area contributed by atoms with Crippen LogP contribution in [0.2, 0.25) is 0 Å². The fraction of sp³-hybridized carbons (Fsp3) is 0.345. The lowest BCUT2D eigenvalue weighted by molar-refractivity contribution is 0.0339. The highest BCUT2D eigenvalue weighted by atomic mass is 16.5. The van der Waals surface area contributed by atoms with Gasteiger partial charge in [-0.25, -0.2) is 4.79 Å². The summed E-state index contributed by atoms with van der Waals surface area (Å²) >= 11 is 0. The van der Waals surface area contributed by atoms with E-state index in [9.17, 15) is 9.90 Å². The van der Waals surface area contributed by atoms with E-state index in [1.807, 2.05) is 36.4 Å². The summed E-state index contributed by atoms with van der Waals surface area (Å²) in [5.41, 5.74) is 2.40. The first-order valence-corrected chi connectivity index (χ1v) is 12.3. The van der Waals surface area contributed by atoms with Crippen LogP contribution >= 0.6 is 0 Å². The summed E-state index contributed by atoms with van der Waals surface area (Å²) in [4.78, 5) is 16.1. The Morgan fingerprint density at radius 1 is 1.06 bits per heavy atom. The molecule has 3 aromatic carbocycles. The SMILES string of the molecule is CCN(CCN1CCOCC1)C/C(=C/c1ccc(C(=O)O)cc1)COc1cccc2ccccc12. The monoisotopic (exact) mass is 474 g/mol. The molecule has 0 aromatic heterocycles. The number of carboxylic acids is 1. The highest BCUT2D eigenvalue weighted by Gasteiger charge is 2.14. The summed E-state index contributed by atoms with van der Waals surface area (Å²) in [6, 6.07) is 21.4. The lowest BCUT2D eigenvalue weighted by Crippen LogP contribution is -2.42. The van der Waals surface area contributed by atoms with Crippen molar-refractivity contribution < 1.29 is 19.4 Å². The number of rotatable bonds is 11. The molecule has 0 bridgehead atoms. The van der Waals surface area contributed by atoms with Crippen molar-refractivity contribution in [2.24, 2.45) is 0 Å². The zero-order chi connectivity index (χ0) is 24.5. The van der Waals surface area contributed by atoms with Gasteiger partial charge in [0, 0.05) is 38.1 Å². The number of fused-ring (bicyclic) bond motifs is 1. The summed E-state index contributed by atoms with van der Waals surface area (Å²) in [6.45, 7) is 9.95. The van der Waals surface area contributed by atoms with Gasteiger partial charge in [-0.1, -0.05) is 61.5 Å². The van der Waals surface area contributed by atoms with Crippen molar-refractivity contribution in [3.05, 3.63) is 83.4 Å². The molecule has 1 heterocycles. The molecule has 184 valence electrons. The largest absolute Gasteiger partial charge is 0.489 e. The summed E-state index contributed by atoms with van der Waals surface area (Å²) in [6.07, 6.45) is 2.12. The highest BCUT2D eigenvalue weighted by molar-refractivity contribution is 5.88. The van der Waals surface area contributed by atoms with Crippen LogP contribution in [0.4, 0.5) is 0 Å². The van der Waals surface area contributed by atoms with Crippen molar-refractivity contribution in [2.45, 2.75) is 6.92 Å². The standard InChI is InChI=1S/C29H34N2O4/c1-2-30(14-15-31-16-18-34-19-17-31)21-24(20-23-10-12-26(13-11-23)29(32)33)22-35-28-9-5-7-25-6-3-4-8-27(25)28/h3-13,20H,2,14-19,21-22H2,1H3,(H,32,33)/b24-20-. The van der Waals surface area contributed by atoms with Crippen LogP contribution in [0, 0.1) is 0 Å². The second-order valence-electron chi connectivity index (χ2n) is 8.82. The van der Waals surface area contributed by atoms with Crippen molar-refractivity contribution >= 4 is 22.8 Å². The smallest absolute Gasteiger partial charge is 0.335 e. The number of carboxylic acid groups (broad SMARTS) is 1. The summed E-state index contributed by atoms with van der Waals surface area (Å²) in [5, 5.41) is 11.5. The maximum Gasteiger partial charge on any atom is 0.335 e. The third kappa shape index (κ3) is 7.15. The summed E-state index contributed by atoms with van der Waals surface area (Å²) in [5.74, 6) is -0.0492. The molecule has 0 spiro atoms. The molecule has 0 saturated carbocycles. The number of morpholine rings is 1. The maximum atomic E-state index is 11.2. The maximum absolute atomic E-state index is 11.2. The topological polar surface area (TPSA) is 62.2 Å². The number of carbonyl (C=O) groups is 1. The van der Waals surface area contributed by atoms with Crippen molar-refractivity contribution in [3.63, 3.8) is 0 Å². The van der Waals surface area contributed by atoms with Gasteiger partial charge in [0.2, 0.25) is 0 Å². The van der Waals surface area contributed by atoms with Crippen molar-refractivity contribution in [2.75, 3.05) is 59.1 Å². The van der Waals surface area contributed by atoms with Crippen LogP contribution in [-0.4, -0.2) is 80.0 Å². The quantitative estimate of drug-likeness (QED) is 0.436. The Balaban J connectivity index is 1.50. The minimum Gasteiger partial charge on any atom is -0.489 e. The molecule has 0 radical (unpaired) electrons. The van der Waals surface area contributed by atoms with Gasteiger partial charge in [0.05, 0.1) is 18.8 Å². The van der Waals surface area contributed by atoms with Crippen molar-refractivity contribution in [3.8, 4) is 5.75 Å². The Hall–Kier alpha value is -3.19. The van der Waals surface area contributed by atoms with Crippen molar-refractivity contribution in [1.29, 1.82) is 0 Å². The Bertz CT molecular complexity index is 1130. The molecule has 35 heavy (non-hydrogen) atoms. The molecule has 3 aromatic rings. The van der Waals surface area contributed by atoms with Gasteiger partial charge in [0.1, 0.15) is 12.4 Å². The predicted octanol–water partition coefficient (Wildman–Crippen LogP) is 4.65. The zero-order valence-electron chi connectivity index (χ0n) is 20.4. The average molecular weight is 475 g/mol. The molecule has 1 aliphatic rings. The van der Waals surface area contributed by atoms with Crippen LogP contribution in [0.5, 0.6) is 5.75 Å². The van der Waals surface area contributed by atoms with Gasteiger partial charge >= 0.3 is 5.97 Å². The molecule has 0 atom stereocenters. The van der Waals surface area contributed by atoms with Gasteiger partial charge in [0.25, 0.3) is 0 Å². The zero-order valence-corrected chi connectivity index (χ0v) is 20.4. The van der Waals surface area contributed by atoms with Gasteiger partial charge in [-0.05, 0) is 41.3 Å². The van der Waals surface area contributed by atoms with Gasteiger partial charge in [-0.3, -0.25) is 9.80 Å². The van der Waals surface area contributed by atoms with Crippen LogP contribution in [0.25, 0.3) is 16.8 Å². The second-order valence-corrected chi connectivity index (χ2v) is 8.82. The summed E-state index contributed by atoms with van der Waals surface area (Å²) < 4.78 is 11.8. The van der Waals surface area contributed by atoms with Gasteiger partial charge < -0.3 is 14.6 Å². The van der Waals surface area contributed by atoms with E-state index in [2.05, 4.69) is 41.0 Å². The minimum atomic E-state index is -0.916. The molecule has 0 unspecified atom stereocenters. The Kier molecular flexibility index (Phi) is 8.90. The molecular formula is C29H34N2O4. The molecular weight excluding hydrogens is 440 g/mol. The van der Waals surface area contributed by atoms with Crippen LogP contribution in [0.3, 0.4) is 0 Å². The van der Waals surface area contributed by atoms with Gasteiger partial charge in [-0.15, -0.1) is 0 Å². The van der Waals surface area contributed by atoms with E-state index in [4.69, 9.17) is 9.47 Å². The number of ether oxygens (including phenoxy) is 2. The molecule has 6 nitrogen and oxygen atoms in total. The first-order chi connectivity index (χ1) is 17.1. The van der Waals surface area contributed by atoms with E-state index in [1.165, 1.54) is 0 Å². The fourth-order valence-corrected chi connectivity index (χ4v) is 4.33. The molecule has 0 amide bonds. The van der Waals surface area contributed by atoms with E-state index in [0.29, 0.717) is 6.61 Å². The fourth-order valence-electron chi connectivity index (χ4n) is 4.33. The normalized spacial score (nSPS) is 15.0. The number of likely N-dealkylation sites (N-methyl/N-ethyl adjacent to an activating group) is 1. The van der Waals surface area contributed by atoms with E-state index in [0.717, 1.165) is 80.1 Å². The number of hydrogen-bond acceptors (Lipinski definition) is 5. The molecule has 1 aliphatic heterocycles. The second kappa shape index (κ2) is 12.5. The van der Waals surface area contributed by atoms with Crippen LogP contribution in [-0.2, 0) is 4.74 Å². The number of benzene rings is 3. The van der Waals surface area contributed by atoms with E-state index in [-0.39, 0.29) is 5.56 Å². The van der Waals surface area contributed by atoms with Gasteiger partial charge in [0.15, 0.2) is 0 Å². The van der Waals surface area contributed by atoms with Crippen LogP contribution < -0.4 is 4.74 Å². The Labute approximate surface area is 207 Å². The number of aromatic carboxylic acids is 1. The Morgan fingerprint density at radius 2 is 1.80 bits per heavy atom. The first-order valence-electron chi connectivity index (χ1n) is 12.3. The Morgan fingerprint density at radius 3 is 2.54 bits per heavy atom. The minimum absolute atomic E-state index is 0.288. The molecule has 4 rings (SSSR count). The van der Waals surface area contributed by atoms with E-state index < -0.39 is 5.97 Å². The number of hydrogen-bond donors (Lipinski definition) is 1. The summed E-state index contributed by atoms with van der Waals surface area (Å²) in [7, 11) is 0. The average Bonchev–Trinajstić information content (AvgIpc) is 2.90. The molecule has 6 heteroatoms. The predicted molar refractivity (Wildman–Crippen MR) is 140 cm³/mol. The lowest BCUT2D eigenvalue weighted by atomic mass is 10.1. The first kappa shape index (κ1) is 24.9. The van der Waals surface area contributed by atoms with E-state index >= 15 is 0 Å². The van der Waals surface area contributed by atoms with Gasteiger partial charge in [-0.2, -0.15) is 0 Å². The van der Waals surface area contributed by atoms with Crippen molar-refractivity contribution in [1.82, 2.24) is 9.80 Å². The van der Waals surface area contributed by atoms with Crippen LogP contribution in [0.15, 0.2) is 72.3 Å². The molecule has 1 saturated heterocycles. The molecule has 1 N–H and O–H groups in total.